The number of carboxylic acids is 2. The van der Waals surface area contributed by atoms with Crippen LogP contribution in [0.2, 0.25) is 0 Å². The Morgan fingerprint density at radius 2 is 0.963 bits per heavy atom. The molecule has 2 aromatic rings. The summed E-state index contributed by atoms with van der Waals surface area (Å²) in [4.78, 5) is 76.5. The third-order valence-corrected chi connectivity index (χ3v) is 8.91. The van der Waals surface area contributed by atoms with Gasteiger partial charge >= 0.3 is 24.1 Å². The summed E-state index contributed by atoms with van der Waals surface area (Å²) in [7, 11) is 0. The number of halogens is 2. The van der Waals surface area contributed by atoms with Crippen molar-refractivity contribution in [1.29, 1.82) is 0 Å². The van der Waals surface area contributed by atoms with Crippen LogP contribution in [-0.4, -0.2) is 106 Å². The van der Waals surface area contributed by atoms with Crippen LogP contribution in [0.15, 0.2) is 48.5 Å². The van der Waals surface area contributed by atoms with Gasteiger partial charge in [-0.3, -0.25) is 9.59 Å². The summed E-state index contributed by atoms with van der Waals surface area (Å²) in [6, 6.07) is 11.5. The van der Waals surface area contributed by atoms with Crippen LogP contribution in [-0.2, 0) is 54.6 Å². The standard InChI is InChI=1S/C36H44N6O10.2ClH/c37-19-25-7-3-23(4-8-25)11-13-31(43)41-21-27(17-29(41)33(45)46)39-35(49)51-15-1-2-16-52-36(50)40-28-18-30(34(47)48)42(22-28)32(44)14-12-24-5-9-26(20-38)10-6-24;;/h3-10,27-30H,11-22,37-38H2,(H,39,49)(H,40,50)(H,45,46)(H,47,48);2*1H. The minimum atomic E-state index is -1.17. The van der Waals surface area contributed by atoms with Gasteiger partial charge in [-0.1, -0.05) is 60.4 Å². The van der Waals surface area contributed by atoms with Gasteiger partial charge in [-0.15, -0.1) is 24.8 Å². The molecular formula is C36H46Cl2N6O10. The van der Waals surface area contributed by atoms with Gasteiger partial charge in [0.2, 0.25) is 11.8 Å². The highest BCUT2D eigenvalue weighted by Crippen LogP contribution is 2.22. The number of hydrogen-bond acceptors (Lipinski definition) is 10. The zero-order valence-corrected chi connectivity index (χ0v) is 31.1. The van der Waals surface area contributed by atoms with Crippen LogP contribution >= 0.6 is 24.8 Å². The first-order chi connectivity index (χ1) is 25.0. The number of benzene rings is 2. The summed E-state index contributed by atoms with van der Waals surface area (Å²) in [6.45, 7) is 0.126. The Morgan fingerprint density at radius 3 is 1.28 bits per heavy atom. The van der Waals surface area contributed by atoms with E-state index in [0.717, 1.165) is 22.3 Å². The first-order valence-electron chi connectivity index (χ1n) is 16.9. The average molecular weight is 794 g/mol. The smallest absolute Gasteiger partial charge is 0.408 e. The third-order valence-electron chi connectivity index (χ3n) is 8.91. The minimum Gasteiger partial charge on any atom is -0.480 e. The number of aliphatic carboxylic acids is 2. The largest absolute Gasteiger partial charge is 0.480 e. The molecule has 2 aliphatic rings. The molecule has 4 unspecified atom stereocenters. The van der Waals surface area contributed by atoms with E-state index in [0.29, 0.717) is 25.9 Å². The van der Waals surface area contributed by atoms with Gasteiger partial charge in [-0.2, -0.15) is 0 Å². The number of alkyl carbamates (subject to hydrolysis) is 2. The molecule has 0 bridgehead atoms. The van der Waals surface area contributed by atoms with Gasteiger partial charge in [-0.25, -0.2) is 19.2 Å². The predicted molar refractivity (Wildman–Crippen MR) is 200 cm³/mol. The molecule has 54 heavy (non-hydrogen) atoms. The van der Waals surface area contributed by atoms with Crippen LogP contribution in [0.4, 0.5) is 9.59 Å². The fourth-order valence-corrected chi connectivity index (χ4v) is 6.10. The van der Waals surface area contributed by atoms with Gasteiger partial charge in [0.05, 0.1) is 12.1 Å². The maximum absolute atomic E-state index is 12.9. The topological polar surface area (TPSA) is 244 Å². The molecule has 294 valence electrons. The lowest BCUT2D eigenvalue weighted by Gasteiger charge is -2.21. The molecule has 4 atom stereocenters. The van der Waals surface area contributed by atoms with E-state index in [4.69, 9.17) is 20.9 Å². The molecule has 16 nitrogen and oxygen atoms in total. The summed E-state index contributed by atoms with van der Waals surface area (Å²) in [5.74, 6) is 2.01. The molecular weight excluding hydrogens is 747 g/mol. The molecule has 0 aliphatic carbocycles. The summed E-state index contributed by atoms with van der Waals surface area (Å²) < 4.78 is 10.0. The van der Waals surface area contributed by atoms with Crippen LogP contribution in [0.3, 0.4) is 0 Å². The van der Waals surface area contributed by atoms with Crippen molar-refractivity contribution in [1.82, 2.24) is 20.4 Å². The molecule has 2 heterocycles. The Bertz CT molecular complexity index is 1550. The van der Waals surface area contributed by atoms with Gasteiger partial charge in [-0.05, 0) is 35.1 Å². The highest BCUT2D eigenvalue weighted by atomic mass is 35.5. The van der Waals surface area contributed by atoms with Crippen molar-refractivity contribution in [2.45, 2.75) is 75.8 Å². The Hall–Kier alpha value is -5.08. The lowest BCUT2D eigenvalue weighted by Crippen LogP contribution is -2.41. The van der Waals surface area contributed by atoms with Gasteiger partial charge in [0.15, 0.2) is 13.2 Å². The molecule has 4 rings (SSSR count). The second-order valence-corrected chi connectivity index (χ2v) is 12.5. The van der Waals surface area contributed by atoms with Crippen molar-refractivity contribution in [3.63, 3.8) is 0 Å². The molecule has 18 heteroatoms. The Labute approximate surface area is 325 Å². The number of rotatable bonds is 14. The van der Waals surface area contributed by atoms with Crippen molar-refractivity contribution < 1.29 is 48.5 Å². The van der Waals surface area contributed by atoms with Gasteiger partial charge in [0.1, 0.15) is 12.1 Å². The quantitative estimate of drug-likeness (QED) is 0.149. The number of amides is 4. The number of likely N-dealkylation sites (tertiary alicyclic amines) is 2. The number of aryl methyl sites for hydroxylation is 2. The second kappa shape index (κ2) is 22.2. The molecule has 0 radical (unpaired) electrons. The Balaban J connectivity index is 0.00000504. The van der Waals surface area contributed by atoms with Crippen LogP contribution in [0.1, 0.15) is 47.9 Å². The summed E-state index contributed by atoms with van der Waals surface area (Å²) in [5.41, 5.74) is 15.0. The molecule has 0 spiro atoms. The summed E-state index contributed by atoms with van der Waals surface area (Å²) >= 11 is 0. The van der Waals surface area contributed by atoms with E-state index in [9.17, 15) is 39.0 Å². The first-order valence-corrected chi connectivity index (χ1v) is 16.9. The third kappa shape index (κ3) is 13.4. The van der Waals surface area contributed by atoms with Gasteiger partial charge in [0.25, 0.3) is 0 Å². The van der Waals surface area contributed by atoms with E-state index in [1.54, 1.807) is 0 Å². The lowest BCUT2D eigenvalue weighted by atomic mass is 10.1. The summed E-state index contributed by atoms with van der Waals surface area (Å²) in [6.07, 6.45) is -0.619. The van der Waals surface area contributed by atoms with Crippen molar-refractivity contribution in [2.24, 2.45) is 11.5 Å². The van der Waals surface area contributed by atoms with Crippen molar-refractivity contribution in [2.75, 3.05) is 26.3 Å². The van der Waals surface area contributed by atoms with E-state index >= 15 is 0 Å². The number of nitrogens with one attached hydrogen (secondary N) is 2. The number of carbonyl (C=O) groups is 6. The van der Waals surface area contributed by atoms with Crippen LogP contribution in [0.5, 0.6) is 0 Å². The predicted octanol–water partition coefficient (Wildman–Crippen LogP) is 1.58. The maximum atomic E-state index is 12.9. The number of nitrogens with zero attached hydrogens (tertiary/aromatic N) is 2. The molecule has 2 fully saturated rings. The summed E-state index contributed by atoms with van der Waals surface area (Å²) in [5, 5.41) is 24.4. The second-order valence-electron chi connectivity index (χ2n) is 12.5. The Morgan fingerprint density at radius 1 is 0.630 bits per heavy atom. The van der Waals surface area contributed by atoms with Crippen molar-refractivity contribution in [3.05, 3.63) is 70.8 Å². The zero-order chi connectivity index (χ0) is 37.6. The van der Waals surface area contributed by atoms with Crippen LogP contribution in [0, 0.1) is 11.8 Å². The van der Waals surface area contributed by atoms with Crippen molar-refractivity contribution >= 4 is 60.8 Å². The highest BCUT2D eigenvalue weighted by Gasteiger charge is 2.41. The van der Waals surface area contributed by atoms with Crippen molar-refractivity contribution in [3.8, 4) is 11.8 Å². The molecule has 2 aliphatic heterocycles. The number of nitrogens with two attached hydrogens (primary N) is 2. The van der Waals surface area contributed by atoms with Gasteiger partial charge in [0, 0.05) is 51.9 Å². The van der Waals surface area contributed by atoms with E-state index in [2.05, 4.69) is 22.5 Å². The SMILES string of the molecule is Cl.Cl.NCc1ccc(CCC(=O)N2CC(NC(=O)OCC#CCOC(=O)NC3CC(C(=O)O)N(C(=O)CCc4ccc(CN)cc4)C3)CC2C(=O)O)cc1. The molecule has 2 saturated heterocycles. The molecule has 0 saturated carbocycles. The molecule has 2 aromatic carbocycles. The highest BCUT2D eigenvalue weighted by molar-refractivity contribution is 5.86. The maximum Gasteiger partial charge on any atom is 0.408 e. The average Bonchev–Trinajstić information content (AvgIpc) is 3.76. The number of hydrogen-bond donors (Lipinski definition) is 6. The first kappa shape index (κ1) is 45.1. The minimum absolute atomic E-state index is 0. The van der Waals surface area contributed by atoms with E-state index in [-0.39, 0.29) is 88.6 Å². The molecule has 8 N–H and O–H groups in total. The fraction of sp³-hybridized carbons (Fsp3) is 0.444. The number of carboxylic acid groups (broad SMARTS) is 2. The van der Waals surface area contributed by atoms with Crippen LogP contribution in [0.25, 0.3) is 0 Å². The fourth-order valence-electron chi connectivity index (χ4n) is 6.10. The lowest BCUT2D eigenvalue weighted by molar-refractivity contribution is -0.148. The monoisotopic (exact) mass is 792 g/mol. The zero-order valence-electron chi connectivity index (χ0n) is 29.4. The Kier molecular flexibility index (Phi) is 18.5. The normalized spacial score (nSPS) is 18.6. The molecule has 4 amide bonds. The number of carbonyl (C=O) groups excluding carboxylic acids is 4. The van der Waals surface area contributed by atoms with E-state index < -0.39 is 48.3 Å². The molecule has 0 aromatic heterocycles. The van der Waals surface area contributed by atoms with Gasteiger partial charge < -0.3 is 51.6 Å². The van der Waals surface area contributed by atoms with E-state index in [1.165, 1.54) is 9.80 Å². The van der Waals surface area contributed by atoms with Crippen LogP contribution < -0.4 is 22.1 Å². The number of ether oxygens (including phenoxy) is 2. The van der Waals surface area contributed by atoms with E-state index in [1.807, 2.05) is 48.5 Å².